The second kappa shape index (κ2) is 8.30. The average molecular weight is 382 g/mol. The third-order valence-electron chi connectivity index (χ3n) is 3.92. The molecule has 144 valence electrons. The van der Waals surface area contributed by atoms with Gasteiger partial charge < -0.3 is 10.6 Å². The molecule has 2 N–H and O–H groups in total. The summed E-state index contributed by atoms with van der Waals surface area (Å²) in [5.74, 6) is -1.15. The molecule has 3 rings (SSSR count). The molecule has 0 radical (unpaired) electrons. The van der Waals surface area contributed by atoms with E-state index >= 15 is 0 Å². The average Bonchev–Trinajstić information content (AvgIpc) is 3.25. The molecule has 1 aromatic carbocycles. The van der Waals surface area contributed by atoms with Crippen LogP contribution < -0.4 is 10.6 Å². The summed E-state index contributed by atoms with van der Waals surface area (Å²) in [6.07, 6.45) is 7.71. The zero-order valence-corrected chi connectivity index (χ0v) is 15.4. The molecule has 28 heavy (non-hydrogen) atoms. The highest BCUT2D eigenvalue weighted by atomic mass is 19.1. The number of amides is 2. The summed E-state index contributed by atoms with van der Waals surface area (Å²) in [5, 5.41) is 13.5. The summed E-state index contributed by atoms with van der Waals surface area (Å²) in [4.78, 5) is 24.7. The van der Waals surface area contributed by atoms with Crippen LogP contribution in [0, 0.1) is 5.82 Å². The van der Waals surface area contributed by atoms with Gasteiger partial charge in [0.2, 0.25) is 5.91 Å². The summed E-state index contributed by atoms with van der Waals surface area (Å²) in [7, 11) is 3.41. The van der Waals surface area contributed by atoms with E-state index in [0.717, 1.165) is 5.56 Å². The maximum absolute atomic E-state index is 12.9. The number of aryl methyl sites for hydroxylation is 2. The molecule has 0 spiro atoms. The highest BCUT2D eigenvalue weighted by Gasteiger charge is 2.18. The standard InChI is InChI=1S/C19H19FN6O2/c1-25-12-14(10-22-25)9-21-19(28)18-16(11-23-26(18)2)24-17(27)8-5-13-3-6-15(20)7-4-13/h3-8,10-12H,9H2,1-2H3,(H,21,28)(H,24,27)/b8-5+. The SMILES string of the molecule is Cn1cc(CNC(=O)c2c(NC(=O)/C=C/c3ccc(F)cc3)cnn2C)cn1. The lowest BCUT2D eigenvalue weighted by molar-refractivity contribution is -0.111. The minimum absolute atomic E-state index is 0.229. The third kappa shape index (κ3) is 4.70. The number of hydrogen-bond donors (Lipinski definition) is 2. The number of anilines is 1. The molecule has 0 saturated heterocycles. The van der Waals surface area contributed by atoms with Gasteiger partial charge in [-0.2, -0.15) is 10.2 Å². The molecule has 2 amide bonds. The number of halogens is 1. The normalized spacial score (nSPS) is 11.0. The van der Waals surface area contributed by atoms with Crippen molar-refractivity contribution in [3.05, 3.63) is 71.6 Å². The van der Waals surface area contributed by atoms with Crippen LogP contribution in [0.5, 0.6) is 0 Å². The Bertz CT molecular complexity index is 1020. The van der Waals surface area contributed by atoms with Gasteiger partial charge in [0.15, 0.2) is 0 Å². The van der Waals surface area contributed by atoms with Crippen LogP contribution in [0.3, 0.4) is 0 Å². The molecular formula is C19H19FN6O2. The maximum atomic E-state index is 12.9. The first-order chi connectivity index (χ1) is 13.4. The van der Waals surface area contributed by atoms with Crippen molar-refractivity contribution in [1.29, 1.82) is 0 Å². The molecule has 8 nitrogen and oxygen atoms in total. The van der Waals surface area contributed by atoms with Gasteiger partial charge in [0.25, 0.3) is 5.91 Å². The highest BCUT2D eigenvalue weighted by molar-refractivity contribution is 6.06. The smallest absolute Gasteiger partial charge is 0.271 e. The van der Waals surface area contributed by atoms with E-state index < -0.39 is 5.91 Å². The molecule has 9 heteroatoms. The van der Waals surface area contributed by atoms with Crippen LogP contribution in [-0.4, -0.2) is 31.4 Å². The first kappa shape index (κ1) is 19.0. The van der Waals surface area contributed by atoms with Crippen LogP contribution in [0.25, 0.3) is 6.08 Å². The molecule has 0 aliphatic rings. The van der Waals surface area contributed by atoms with Crippen LogP contribution in [0.15, 0.2) is 48.9 Å². The van der Waals surface area contributed by atoms with Crippen molar-refractivity contribution in [1.82, 2.24) is 24.9 Å². The molecule has 0 atom stereocenters. The Kier molecular flexibility index (Phi) is 5.64. The predicted molar refractivity (Wildman–Crippen MR) is 102 cm³/mol. The van der Waals surface area contributed by atoms with Crippen molar-refractivity contribution in [3.63, 3.8) is 0 Å². The van der Waals surface area contributed by atoms with Crippen LogP contribution in [0.4, 0.5) is 10.1 Å². The van der Waals surface area contributed by atoms with Gasteiger partial charge >= 0.3 is 0 Å². The van der Waals surface area contributed by atoms with Gasteiger partial charge in [0.1, 0.15) is 11.5 Å². The Balaban J connectivity index is 1.65. The second-order valence-electron chi connectivity index (χ2n) is 6.11. The summed E-state index contributed by atoms with van der Waals surface area (Å²) in [6.45, 7) is 0.301. The van der Waals surface area contributed by atoms with E-state index in [4.69, 9.17) is 0 Å². The van der Waals surface area contributed by atoms with Gasteiger partial charge in [0.05, 0.1) is 18.1 Å². The van der Waals surface area contributed by atoms with Crippen molar-refractivity contribution in [3.8, 4) is 0 Å². The van der Waals surface area contributed by atoms with E-state index in [1.54, 1.807) is 49.4 Å². The quantitative estimate of drug-likeness (QED) is 0.637. The van der Waals surface area contributed by atoms with E-state index in [9.17, 15) is 14.0 Å². The molecule has 0 saturated carbocycles. The lowest BCUT2D eigenvalue weighted by Crippen LogP contribution is -2.26. The van der Waals surface area contributed by atoms with Crippen molar-refractivity contribution >= 4 is 23.6 Å². The number of nitrogens with one attached hydrogen (secondary N) is 2. The van der Waals surface area contributed by atoms with E-state index in [2.05, 4.69) is 20.8 Å². The van der Waals surface area contributed by atoms with Crippen molar-refractivity contribution < 1.29 is 14.0 Å². The Morgan fingerprint density at radius 3 is 2.57 bits per heavy atom. The van der Waals surface area contributed by atoms with Gasteiger partial charge in [-0.25, -0.2) is 4.39 Å². The molecule has 0 fully saturated rings. The maximum Gasteiger partial charge on any atom is 0.271 e. The van der Waals surface area contributed by atoms with Gasteiger partial charge in [-0.05, 0) is 23.8 Å². The van der Waals surface area contributed by atoms with Crippen LogP contribution >= 0.6 is 0 Å². The van der Waals surface area contributed by atoms with E-state index in [-0.39, 0.29) is 17.4 Å². The predicted octanol–water partition coefficient (Wildman–Crippen LogP) is 1.87. The minimum atomic E-state index is -0.432. The van der Waals surface area contributed by atoms with Crippen LogP contribution in [-0.2, 0) is 25.4 Å². The number of benzene rings is 1. The summed E-state index contributed by atoms with van der Waals surface area (Å²) >= 11 is 0. The van der Waals surface area contributed by atoms with Crippen molar-refractivity contribution in [2.24, 2.45) is 14.1 Å². The third-order valence-corrected chi connectivity index (χ3v) is 3.92. The molecule has 0 bridgehead atoms. The molecule has 2 aromatic heterocycles. The number of nitrogens with zero attached hydrogens (tertiary/aromatic N) is 4. The Hall–Kier alpha value is -3.75. The molecule has 0 unspecified atom stereocenters. The number of carbonyl (C=O) groups excluding carboxylic acids is 2. The number of carbonyl (C=O) groups is 2. The lowest BCUT2D eigenvalue weighted by atomic mass is 10.2. The molecular weight excluding hydrogens is 363 g/mol. The number of aromatic nitrogens is 4. The largest absolute Gasteiger partial charge is 0.346 e. The number of hydrogen-bond acceptors (Lipinski definition) is 4. The van der Waals surface area contributed by atoms with Crippen LogP contribution in [0.1, 0.15) is 21.6 Å². The molecule has 0 aliphatic carbocycles. The zero-order chi connectivity index (χ0) is 20.1. The summed E-state index contributed by atoms with van der Waals surface area (Å²) < 4.78 is 15.9. The fraction of sp³-hybridized carbons (Fsp3) is 0.158. The lowest BCUT2D eigenvalue weighted by Gasteiger charge is -2.07. The summed E-state index contributed by atoms with van der Waals surface area (Å²) in [6, 6.07) is 5.73. The van der Waals surface area contributed by atoms with Gasteiger partial charge in [-0.15, -0.1) is 0 Å². The fourth-order valence-corrected chi connectivity index (χ4v) is 2.55. The molecule has 0 aliphatic heterocycles. The molecule has 3 aromatic rings. The van der Waals surface area contributed by atoms with Crippen molar-refractivity contribution in [2.75, 3.05) is 5.32 Å². The zero-order valence-electron chi connectivity index (χ0n) is 15.4. The van der Waals surface area contributed by atoms with Crippen LogP contribution in [0.2, 0.25) is 0 Å². The fourth-order valence-electron chi connectivity index (χ4n) is 2.55. The van der Waals surface area contributed by atoms with E-state index in [1.165, 1.54) is 29.1 Å². The minimum Gasteiger partial charge on any atom is -0.346 e. The monoisotopic (exact) mass is 382 g/mol. The van der Waals surface area contributed by atoms with E-state index in [0.29, 0.717) is 17.8 Å². The first-order valence-electron chi connectivity index (χ1n) is 8.45. The highest BCUT2D eigenvalue weighted by Crippen LogP contribution is 2.15. The van der Waals surface area contributed by atoms with Crippen molar-refractivity contribution in [2.45, 2.75) is 6.54 Å². The van der Waals surface area contributed by atoms with E-state index in [1.807, 2.05) is 0 Å². The second-order valence-corrected chi connectivity index (χ2v) is 6.11. The Labute approximate surface area is 160 Å². The summed E-state index contributed by atoms with van der Waals surface area (Å²) in [5.41, 5.74) is 2.05. The first-order valence-corrected chi connectivity index (χ1v) is 8.45. The molecule has 2 heterocycles. The van der Waals surface area contributed by atoms with Gasteiger partial charge in [-0.1, -0.05) is 12.1 Å². The van der Waals surface area contributed by atoms with Gasteiger partial charge in [0, 0.05) is 38.5 Å². The van der Waals surface area contributed by atoms with Gasteiger partial charge in [-0.3, -0.25) is 19.0 Å². The number of rotatable bonds is 6. The Morgan fingerprint density at radius 2 is 1.89 bits per heavy atom. The topological polar surface area (TPSA) is 93.8 Å². The Morgan fingerprint density at radius 1 is 1.14 bits per heavy atom.